The van der Waals surface area contributed by atoms with Crippen molar-refractivity contribution in [1.82, 2.24) is 0 Å². The molecule has 3 heteroatoms. The van der Waals surface area contributed by atoms with E-state index < -0.39 is 0 Å². The molecule has 0 N–H and O–H groups in total. The van der Waals surface area contributed by atoms with E-state index in [9.17, 15) is 4.79 Å². The molecule has 0 fully saturated rings. The topological polar surface area (TPSA) is 26.3 Å². The number of ether oxygens (including phenoxy) is 1. The molecular weight excluding hydrogens is 248 g/mol. The summed E-state index contributed by atoms with van der Waals surface area (Å²) in [5.74, 6) is 1.05. The van der Waals surface area contributed by atoms with Gasteiger partial charge < -0.3 is 4.74 Å². The molecule has 1 rings (SSSR count). The van der Waals surface area contributed by atoms with Crippen LogP contribution < -0.4 is 4.74 Å². The van der Waals surface area contributed by atoms with Gasteiger partial charge in [0.2, 0.25) is 0 Å². The van der Waals surface area contributed by atoms with Crippen molar-refractivity contribution >= 4 is 17.4 Å². The van der Waals surface area contributed by atoms with Crippen LogP contribution in [0.25, 0.3) is 0 Å². The molecule has 1 aromatic carbocycles. The van der Waals surface area contributed by atoms with Crippen LogP contribution in [0.2, 0.25) is 5.02 Å². The summed E-state index contributed by atoms with van der Waals surface area (Å²) in [6.45, 7) is 7.91. The zero-order chi connectivity index (χ0) is 13.9. The normalized spacial score (nSPS) is 12.6. The van der Waals surface area contributed by atoms with Gasteiger partial charge >= 0.3 is 0 Å². The Balaban J connectivity index is 3.35. The van der Waals surface area contributed by atoms with Crippen LogP contribution in [-0.4, -0.2) is 12.9 Å². The van der Waals surface area contributed by atoms with Crippen LogP contribution in [0.5, 0.6) is 5.75 Å². The molecule has 1 unspecified atom stereocenters. The molecule has 100 valence electrons. The number of benzene rings is 1. The maximum Gasteiger partial charge on any atom is 0.140 e. The maximum absolute atomic E-state index is 12.1. The van der Waals surface area contributed by atoms with Crippen molar-refractivity contribution in [2.24, 2.45) is 5.92 Å². The Morgan fingerprint density at radius 1 is 1.39 bits per heavy atom. The van der Waals surface area contributed by atoms with Gasteiger partial charge in [-0.15, -0.1) is 0 Å². The van der Waals surface area contributed by atoms with Crippen LogP contribution in [0, 0.1) is 12.8 Å². The first kappa shape index (κ1) is 15.0. The minimum Gasteiger partial charge on any atom is -0.496 e. The Morgan fingerprint density at radius 2 is 2.00 bits per heavy atom. The van der Waals surface area contributed by atoms with Gasteiger partial charge in [0, 0.05) is 22.9 Å². The fourth-order valence-electron chi connectivity index (χ4n) is 2.21. The van der Waals surface area contributed by atoms with Gasteiger partial charge in [0.1, 0.15) is 11.5 Å². The highest BCUT2D eigenvalue weighted by molar-refractivity contribution is 6.31. The summed E-state index contributed by atoms with van der Waals surface area (Å²) in [5.41, 5.74) is 1.86. The second kappa shape index (κ2) is 6.24. The minimum absolute atomic E-state index is 0.150. The molecule has 0 amide bonds. The van der Waals surface area contributed by atoms with E-state index in [1.807, 2.05) is 39.8 Å². The zero-order valence-corrected chi connectivity index (χ0v) is 12.5. The number of ketones is 1. The summed E-state index contributed by atoms with van der Waals surface area (Å²) in [4.78, 5) is 12.1. The minimum atomic E-state index is -0.150. The summed E-state index contributed by atoms with van der Waals surface area (Å²) >= 11 is 6.17. The smallest absolute Gasteiger partial charge is 0.140 e. The van der Waals surface area contributed by atoms with Crippen LogP contribution in [0.4, 0.5) is 0 Å². The quantitative estimate of drug-likeness (QED) is 0.792. The van der Waals surface area contributed by atoms with Crippen molar-refractivity contribution < 1.29 is 9.53 Å². The Kier molecular flexibility index (Phi) is 5.21. The predicted octanol–water partition coefficient (Wildman–Crippen LogP) is 4.38. The van der Waals surface area contributed by atoms with Gasteiger partial charge in [-0.25, -0.2) is 0 Å². The summed E-state index contributed by atoms with van der Waals surface area (Å²) in [6, 6.07) is 3.77. The highest BCUT2D eigenvalue weighted by Gasteiger charge is 2.26. The van der Waals surface area contributed by atoms with Crippen molar-refractivity contribution in [2.75, 3.05) is 7.11 Å². The van der Waals surface area contributed by atoms with Gasteiger partial charge in [0.05, 0.1) is 7.11 Å². The van der Waals surface area contributed by atoms with E-state index in [1.54, 1.807) is 7.11 Å². The molecular formula is C15H21ClO2. The molecule has 0 aliphatic carbocycles. The number of Topliss-reactive ketones (excluding diaryl/α,β-unsaturated/α-hetero) is 1. The van der Waals surface area contributed by atoms with E-state index >= 15 is 0 Å². The van der Waals surface area contributed by atoms with E-state index in [4.69, 9.17) is 16.3 Å². The molecule has 0 aliphatic rings. The molecule has 1 atom stereocenters. The zero-order valence-electron chi connectivity index (χ0n) is 11.7. The first-order valence-corrected chi connectivity index (χ1v) is 6.66. The van der Waals surface area contributed by atoms with E-state index in [2.05, 4.69) is 0 Å². The molecule has 0 spiro atoms. The molecule has 0 aromatic heterocycles. The number of methoxy groups -OCH3 is 1. The molecule has 18 heavy (non-hydrogen) atoms. The lowest BCUT2D eigenvalue weighted by atomic mass is 9.83. The first-order valence-electron chi connectivity index (χ1n) is 6.29. The van der Waals surface area contributed by atoms with Crippen molar-refractivity contribution in [2.45, 2.75) is 40.0 Å². The van der Waals surface area contributed by atoms with Gasteiger partial charge in [0.15, 0.2) is 0 Å². The van der Waals surface area contributed by atoms with E-state index in [0.29, 0.717) is 11.4 Å². The van der Waals surface area contributed by atoms with Crippen molar-refractivity contribution in [3.8, 4) is 5.75 Å². The van der Waals surface area contributed by atoms with Crippen LogP contribution in [0.15, 0.2) is 12.1 Å². The lowest BCUT2D eigenvalue weighted by Gasteiger charge is -2.22. The average Bonchev–Trinajstić information content (AvgIpc) is 2.32. The van der Waals surface area contributed by atoms with E-state index in [0.717, 1.165) is 16.9 Å². The molecule has 0 bridgehead atoms. The van der Waals surface area contributed by atoms with Crippen molar-refractivity contribution in [1.29, 1.82) is 0 Å². The molecule has 0 heterocycles. The summed E-state index contributed by atoms with van der Waals surface area (Å²) in [5, 5.41) is 0.681. The Labute approximate surface area is 114 Å². The Hall–Kier alpha value is -1.02. The summed E-state index contributed by atoms with van der Waals surface area (Å²) in [6.07, 6.45) is 0.525. The number of aryl methyl sites for hydroxylation is 1. The third-order valence-electron chi connectivity index (χ3n) is 3.21. The Bertz CT molecular complexity index is 438. The monoisotopic (exact) mass is 268 g/mol. The highest BCUT2D eigenvalue weighted by Crippen LogP contribution is 2.36. The standard InChI is InChI=1S/C15H21ClO2/c1-6-13(17)15(9(2)3)11-8-12(16)10(4)7-14(11)18-5/h7-9,15H,6H2,1-5H3. The second-order valence-electron chi connectivity index (χ2n) is 4.88. The fraction of sp³-hybridized carbons (Fsp3) is 0.533. The second-order valence-corrected chi connectivity index (χ2v) is 5.29. The largest absolute Gasteiger partial charge is 0.496 e. The highest BCUT2D eigenvalue weighted by atomic mass is 35.5. The van der Waals surface area contributed by atoms with Crippen molar-refractivity contribution in [3.63, 3.8) is 0 Å². The third-order valence-corrected chi connectivity index (χ3v) is 3.62. The Morgan fingerprint density at radius 3 is 2.44 bits per heavy atom. The van der Waals surface area contributed by atoms with Gasteiger partial charge in [-0.1, -0.05) is 32.4 Å². The third kappa shape index (κ3) is 3.05. The number of carbonyl (C=O) groups is 1. The van der Waals surface area contributed by atoms with Gasteiger partial charge in [-0.3, -0.25) is 4.79 Å². The summed E-state index contributed by atoms with van der Waals surface area (Å²) < 4.78 is 5.40. The molecule has 0 saturated carbocycles. The average molecular weight is 269 g/mol. The molecule has 0 saturated heterocycles. The lowest BCUT2D eigenvalue weighted by Crippen LogP contribution is -2.18. The number of carbonyl (C=O) groups excluding carboxylic acids is 1. The van der Waals surface area contributed by atoms with E-state index in [-0.39, 0.29) is 17.6 Å². The first-order chi connectivity index (χ1) is 8.42. The van der Waals surface area contributed by atoms with Gasteiger partial charge in [-0.05, 0) is 30.5 Å². The van der Waals surface area contributed by atoms with Crippen LogP contribution in [-0.2, 0) is 4.79 Å². The van der Waals surface area contributed by atoms with Crippen LogP contribution in [0.1, 0.15) is 44.2 Å². The van der Waals surface area contributed by atoms with Gasteiger partial charge in [-0.2, -0.15) is 0 Å². The maximum atomic E-state index is 12.1. The molecule has 2 nitrogen and oxygen atoms in total. The number of hydrogen-bond acceptors (Lipinski definition) is 2. The summed E-state index contributed by atoms with van der Waals surface area (Å²) in [7, 11) is 1.62. The number of halogens is 1. The molecule has 1 aromatic rings. The lowest BCUT2D eigenvalue weighted by molar-refractivity contribution is -0.121. The number of rotatable bonds is 5. The molecule has 0 aliphatic heterocycles. The van der Waals surface area contributed by atoms with Gasteiger partial charge in [0.25, 0.3) is 0 Å². The fourth-order valence-corrected chi connectivity index (χ4v) is 2.39. The van der Waals surface area contributed by atoms with E-state index in [1.165, 1.54) is 0 Å². The van der Waals surface area contributed by atoms with Crippen molar-refractivity contribution in [3.05, 3.63) is 28.3 Å². The number of hydrogen-bond donors (Lipinski definition) is 0. The van der Waals surface area contributed by atoms with Crippen LogP contribution in [0.3, 0.4) is 0 Å². The molecule has 0 radical (unpaired) electrons. The van der Waals surface area contributed by atoms with Crippen LogP contribution >= 0.6 is 11.6 Å². The SMILES string of the molecule is CCC(=O)C(c1cc(Cl)c(C)cc1OC)C(C)C. The predicted molar refractivity (Wildman–Crippen MR) is 75.6 cm³/mol.